The van der Waals surface area contributed by atoms with Crippen molar-refractivity contribution in [3.05, 3.63) is 69.5 Å². The molecule has 0 aliphatic rings. The van der Waals surface area contributed by atoms with Gasteiger partial charge in [-0.25, -0.2) is 4.39 Å². The highest BCUT2D eigenvalue weighted by atomic mass is 35.5. The molecule has 18 heavy (non-hydrogen) atoms. The predicted octanol–water partition coefficient (Wildman–Crippen LogP) is 4.39. The molecule has 0 saturated heterocycles. The number of benzene rings is 2. The van der Waals surface area contributed by atoms with E-state index < -0.39 is 11.4 Å². The summed E-state index contributed by atoms with van der Waals surface area (Å²) in [6.45, 7) is 1.50. The van der Waals surface area contributed by atoms with Crippen molar-refractivity contribution in [1.29, 1.82) is 0 Å². The molecule has 1 unspecified atom stereocenters. The molecule has 0 aliphatic heterocycles. The second-order valence-electron chi connectivity index (χ2n) is 4.18. The first-order valence-corrected chi connectivity index (χ1v) is 6.11. The summed E-state index contributed by atoms with van der Waals surface area (Å²) in [5.41, 5.74) is -0.916. The van der Waals surface area contributed by atoms with Gasteiger partial charge < -0.3 is 5.11 Å². The van der Waals surface area contributed by atoms with Crippen molar-refractivity contribution in [2.75, 3.05) is 0 Å². The zero-order valence-corrected chi connectivity index (χ0v) is 11.1. The smallest absolute Gasteiger partial charge is 0.131 e. The lowest BCUT2D eigenvalue weighted by atomic mass is 9.88. The van der Waals surface area contributed by atoms with Crippen LogP contribution in [0.1, 0.15) is 18.1 Å². The Hall–Kier alpha value is -1.09. The van der Waals surface area contributed by atoms with E-state index in [0.29, 0.717) is 10.6 Å². The Morgan fingerprint density at radius 2 is 1.72 bits per heavy atom. The molecule has 0 heterocycles. The van der Waals surface area contributed by atoms with Crippen molar-refractivity contribution in [3.8, 4) is 0 Å². The highest BCUT2D eigenvalue weighted by molar-refractivity contribution is 6.31. The quantitative estimate of drug-likeness (QED) is 0.867. The minimum absolute atomic E-state index is 0.139. The molecule has 0 aromatic heterocycles. The third-order valence-electron chi connectivity index (χ3n) is 2.85. The van der Waals surface area contributed by atoms with Gasteiger partial charge in [0.2, 0.25) is 0 Å². The van der Waals surface area contributed by atoms with Crippen LogP contribution in [-0.4, -0.2) is 5.11 Å². The van der Waals surface area contributed by atoms with Crippen LogP contribution >= 0.6 is 23.2 Å². The van der Waals surface area contributed by atoms with Crippen molar-refractivity contribution < 1.29 is 9.50 Å². The first kappa shape index (κ1) is 13.3. The molecule has 2 aromatic carbocycles. The number of rotatable bonds is 2. The molecular formula is C14H11Cl2FO. The molecule has 2 aromatic rings. The Bertz CT molecular complexity index is 582. The van der Waals surface area contributed by atoms with Gasteiger partial charge in [-0.3, -0.25) is 0 Å². The van der Waals surface area contributed by atoms with Gasteiger partial charge >= 0.3 is 0 Å². The largest absolute Gasteiger partial charge is 0.381 e. The van der Waals surface area contributed by atoms with Gasteiger partial charge in [-0.05, 0) is 25.1 Å². The molecule has 0 amide bonds. The summed E-state index contributed by atoms with van der Waals surface area (Å²) in [6, 6.07) is 11.0. The lowest BCUT2D eigenvalue weighted by Gasteiger charge is -2.26. The zero-order valence-electron chi connectivity index (χ0n) is 9.62. The highest BCUT2D eigenvalue weighted by Gasteiger charge is 2.30. The van der Waals surface area contributed by atoms with Crippen molar-refractivity contribution >= 4 is 23.2 Å². The summed E-state index contributed by atoms with van der Waals surface area (Å²) in [7, 11) is 0. The van der Waals surface area contributed by atoms with Crippen LogP contribution in [0.3, 0.4) is 0 Å². The minimum atomic E-state index is -1.51. The monoisotopic (exact) mass is 284 g/mol. The van der Waals surface area contributed by atoms with E-state index in [9.17, 15) is 9.50 Å². The van der Waals surface area contributed by atoms with Gasteiger partial charge in [0.15, 0.2) is 0 Å². The molecule has 0 aliphatic carbocycles. The molecule has 0 saturated carbocycles. The van der Waals surface area contributed by atoms with E-state index in [2.05, 4.69) is 0 Å². The third kappa shape index (κ3) is 2.37. The predicted molar refractivity (Wildman–Crippen MR) is 71.5 cm³/mol. The Balaban J connectivity index is 2.58. The van der Waals surface area contributed by atoms with Gasteiger partial charge in [0.25, 0.3) is 0 Å². The molecule has 4 heteroatoms. The lowest BCUT2D eigenvalue weighted by molar-refractivity contribution is 0.0981. The number of hydrogen-bond acceptors (Lipinski definition) is 1. The minimum Gasteiger partial charge on any atom is -0.381 e. The molecule has 0 radical (unpaired) electrons. The van der Waals surface area contributed by atoms with Crippen LogP contribution in [0.25, 0.3) is 0 Å². The van der Waals surface area contributed by atoms with E-state index in [-0.39, 0.29) is 10.6 Å². The van der Waals surface area contributed by atoms with Crippen molar-refractivity contribution in [2.24, 2.45) is 0 Å². The molecule has 0 spiro atoms. The maximum Gasteiger partial charge on any atom is 0.131 e. The second kappa shape index (κ2) is 4.88. The molecule has 0 bridgehead atoms. The van der Waals surface area contributed by atoms with Gasteiger partial charge in [-0.15, -0.1) is 0 Å². The summed E-state index contributed by atoms with van der Waals surface area (Å²) in [5, 5.41) is 11.2. The SMILES string of the molecule is CC(O)(c1ccc(Cl)cc1F)c1ccccc1Cl. The molecule has 0 fully saturated rings. The van der Waals surface area contributed by atoms with Crippen LogP contribution in [-0.2, 0) is 5.60 Å². The van der Waals surface area contributed by atoms with Gasteiger partial charge in [-0.1, -0.05) is 47.5 Å². The fourth-order valence-electron chi connectivity index (χ4n) is 1.89. The van der Waals surface area contributed by atoms with Gasteiger partial charge in [0.1, 0.15) is 11.4 Å². The summed E-state index contributed by atoms with van der Waals surface area (Å²) >= 11 is 11.7. The van der Waals surface area contributed by atoms with Gasteiger partial charge in [0, 0.05) is 21.2 Å². The van der Waals surface area contributed by atoms with Crippen LogP contribution in [0.5, 0.6) is 0 Å². The zero-order chi connectivity index (χ0) is 13.3. The Morgan fingerprint density at radius 1 is 1.06 bits per heavy atom. The Morgan fingerprint density at radius 3 is 2.33 bits per heavy atom. The van der Waals surface area contributed by atoms with E-state index in [1.807, 2.05) is 0 Å². The van der Waals surface area contributed by atoms with Gasteiger partial charge in [0.05, 0.1) is 0 Å². The van der Waals surface area contributed by atoms with Crippen molar-refractivity contribution in [3.63, 3.8) is 0 Å². The topological polar surface area (TPSA) is 20.2 Å². The average molecular weight is 285 g/mol. The van der Waals surface area contributed by atoms with Crippen LogP contribution in [0.15, 0.2) is 42.5 Å². The van der Waals surface area contributed by atoms with E-state index in [0.717, 1.165) is 0 Å². The summed E-state index contributed by atoms with van der Waals surface area (Å²) in [5.74, 6) is -0.563. The standard InChI is InChI=1S/C14H11Cl2FO/c1-14(18,10-4-2-3-5-12(10)16)11-7-6-9(15)8-13(11)17/h2-8,18H,1H3. The van der Waals surface area contributed by atoms with E-state index in [1.165, 1.54) is 25.1 Å². The third-order valence-corrected chi connectivity index (χ3v) is 3.42. The molecule has 1 atom stereocenters. The van der Waals surface area contributed by atoms with E-state index in [4.69, 9.17) is 23.2 Å². The Kier molecular flexibility index (Phi) is 3.62. The van der Waals surface area contributed by atoms with Crippen molar-refractivity contribution in [2.45, 2.75) is 12.5 Å². The summed E-state index contributed by atoms with van der Waals surface area (Å²) in [4.78, 5) is 0. The number of halogens is 3. The fraction of sp³-hybridized carbons (Fsp3) is 0.143. The Labute approximate surface area is 115 Å². The molecule has 94 valence electrons. The average Bonchev–Trinajstić information content (AvgIpc) is 2.28. The first-order chi connectivity index (χ1) is 8.43. The maximum absolute atomic E-state index is 13.9. The second-order valence-corrected chi connectivity index (χ2v) is 5.02. The number of hydrogen-bond donors (Lipinski definition) is 1. The maximum atomic E-state index is 13.9. The molecular weight excluding hydrogens is 274 g/mol. The van der Waals surface area contributed by atoms with Crippen LogP contribution < -0.4 is 0 Å². The first-order valence-electron chi connectivity index (χ1n) is 5.36. The van der Waals surface area contributed by atoms with Gasteiger partial charge in [-0.2, -0.15) is 0 Å². The highest BCUT2D eigenvalue weighted by Crippen LogP contribution is 2.35. The van der Waals surface area contributed by atoms with Crippen molar-refractivity contribution in [1.82, 2.24) is 0 Å². The molecule has 1 N–H and O–H groups in total. The fourth-order valence-corrected chi connectivity index (χ4v) is 2.36. The summed E-state index contributed by atoms with van der Waals surface area (Å²) in [6.07, 6.45) is 0. The molecule has 1 nitrogen and oxygen atoms in total. The normalized spacial score (nSPS) is 14.3. The summed E-state index contributed by atoms with van der Waals surface area (Å²) < 4.78 is 13.9. The van der Waals surface area contributed by atoms with E-state index >= 15 is 0 Å². The van der Waals surface area contributed by atoms with Crippen LogP contribution in [0.2, 0.25) is 10.0 Å². The molecule has 2 rings (SSSR count). The van der Waals surface area contributed by atoms with Crippen LogP contribution in [0, 0.1) is 5.82 Å². The number of aliphatic hydroxyl groups is 1. The lowest BCUT2D eigenvalue weighted by Crippen LogP contribution is -2.24. The van der Waals surface area contributed by atoms with E-state index in [1.54, 1.807) is 24.3 Å². The van der Waals surface area contributed by atoms with Crippen LogP contribution in [0.4, 0.5) is 4.39 Å².